The summed E-state index contributed by atoms with van der Waals surface area (Å²) in [6.07, 6.45) is 6.55. The molecule has 2 aliphatic rings. The minimum absolute atomic E-state index is 0.00501. The van der Waals surface area contributed by atoms with E-state index in [0.29, 0.717) is 5.92 Å². The number of ketones is 1. The molecule has 1 fully saturated rings. The number of allylic oxidation sites excluding steroid dienone is 3. The summed E-state index contributed by atoms with van der Waals surface area (Å²) in [6.45, 7) is 8.42. The second-order valence-corrected chi connectivity index (χ2v) is 6.59. The van der Waals surface area contributed by atoms with Crippen LogP contribution in [-0.2, 0) is 4.79 Å². The molecule has 0 aromatic heterocycles. The van der Waals surface area contributed by atoms with Crippen LogP contribution in [0.25, 0.3) is 0 Å². The molecule has 0 amide bonds. The highest BCUT2D eigenvalue weighted by molar-refractivity contribution is 6.09. The molecule has 106 valence electrons. The van der Waals surface area contributed by atoms with Crippen molar-refractivity contribution >= 4 is 5.78 Å². The van der Waals surface area contributed by atoms with Crippen LogP contribution in [0.4, 0.5) is 0 Å². The van der Waals surface area contributed by atoms with Crippen molar-refractivity contribution in [2.24, 2.45) is 11.3 Å². The Morgan fingerprint density at radius 2 is 2.21 bits per heavy atom. The van der Waals surface area contributed by atoms with Crippen molar-refractivity contribution in [3.63, 3.8) is 0 Å². The van der Waals surface area contributed by atoms with E-state index in [1.165, 1.54) is 0 Å². The second kappa shape index (κ2) is 5.24. The van der Waals surface area contributed by atoms with Gasteiger partial charge in [0.25, 0.3) is 0 Å². The maximum Gasteiger partial charge on any atom is 0.184 e. The van der Waals surface area contributed by atoms with Gasteiger partial charge in [-0.1, -0.05) is 33.3 Å². The lowest BCUT2D eigenvalue weighted by molar-refractivity contribution is -0.113. The minimum Gasteiger partial charge on any atom is -0.389 e. The van der Waals surface area contributed by atoms with E-state index in [1.807, 2.05) is 6.92 Å². The molecule has 0 saturated heterocycles. The number of carbonyl (C=O) groups is 1. The SMILES string of the molecule is CCC(C)/C=C1\C[C@]2(C)CCC[C@H](O)C2=C(C)C1=O. The summed E-state index contributed by atoms with van der Waals surface area (Å²) < 4.78 is 0. The van der Waals surface area contributed by atoms with Gasteiger partial charge in [-0.2, -0.15) is 0 Å². The first-order chi connectivity index (χ1) is 8.89. The number of carbonyl (C=O) groups excluding carboxylic acids is 1. The van der Waals surface area contributed by atoms with Gasteiger partial charge < -0.3 is 5.11 Å². The lowest BCUT2D eigenvalue weighted by Gasteiger charge is -2.44. The quantitative estimate of drug-likeness (QED) is 0.769. The highest BCUT2D eigenvalue weighted by Crippen LogP contribution is 2.50. The Hall–Kier alpha value is -0.890. The molecular weight excluding hydrogens is 236 g/mol. The molecule has 0 spiro atoms. The Balaban J connectivity index is 2.44. The van der Waals surface area contributed by atoms with Crippen LogP contribution in [0.15, 0.2) is 22.8 Å². The molecule has 1 unspecified atom stereocenters. The summed E-state index contributed by atoms with van der Waals surface area (Å²) >= 11 is 0. The molecule has 0 heterocycles. The Kier molecular flexibility index (Phi) is 4.00. The Labute approximate surface area is 116 Å². The number of hydrogen-bond donors (Lipinski definition) is 1. The fourth-order valence-electron chi connectivity index (χ4n) is 3.71. The number of aliphatic hydroxyl groups is 1. The van der Waals surface area contributed by atoms with E-state index in [-0.39, 0.29) is 11.2 Å². The third kappa shape index (κ3) is 2.55. The molecular formula is C17H26O2. The smallest absolute Gasteiger partial charge is 0.184 e. The molecule has 0 aromatic carbocycles. The summed E-state index contributed by atoms with van der Waals surface area (Å²) in [4.78, 5) is 12.5. The standard InChI is InChI=1S/C17H26O2/c1-5-11(2)9-13-10-17(4)8-6-7-14(18)15(17)12(3)16(13)19/h9,11,14,18H,5-8,10H2,1-4H3/b13-9+/t11?,14-,17-/m0/s1. The van der Waals surface area contributed by atoms with E-state index in [9.17, 15) is 9.90 Å². The first kappa shape index (κ1) is 14.5. The van der Waals surface area contributed by atoms with Gasteiger partial charge >= 0.3 is 0 Å². The van der Waals surface area contributed by atoms with Crippen LogP contribution < -0.4 is 0 Å². The van der Waals surface area contributed by atoms with Crippen molar-refractivity contribution in [1.82, 2.24) is 0 Å². The third-order valence-corrected chi connectivity index (χ3v) is 4.94. The van der Waals surface area contributed by atoms with Gasteiger partial charge in [-0.05, 0) is 60.7 Å². The molecule has 2 heteroatoms. The van der Waals surface area contributed by atoms with Gasteiger partial charge in [0.1, 0.15) is 0 Å². The topological polar surface area (TPSA) is 37.3 Å². The first-order valence-electron chi connectivity index (χ1n) is 7.53. The van der Waals surface area contributed by atoms with E-state index >= 15 is 0 Å². The zero-order valence-corrected chi connectivity index (χ0v) is 12.6. The van der Waals surface area contributed by atoms with Crippen molar-refractivity contribution in [3.05, 3.63) is 22.8 Å². The molecule has 0 bridgehead atoms. The lowest BCUT2D eigenvalue weighted by Crippen LogP contribution is -2.38. The zero-order valence-electron chi connectivity index (χ0n) is 12.6. The first-order valence-corrected chi connectivity index (χ1v) is 7.53. The van der Waals surface area contributed by atoms with Crippen LogP contribution in [0.2, 0.25) is 0 Å². The second-order valence-electron chi connectivity index (χ2n) is 6.59. The number of rotatable bonds is 2. The number of aliphatic hydroxyl groups excluding tert-OH is 1. The summed E-state index contributed by atoms with van der Waals surface area (Å²) in [7, 11) is 0. The molecule has 0 radical (unpaired) electrons. The van der Waals surface area contributed by atoms with Crippen LogP contribution >= 0.6 is 0 Å². The lowest BCUT2D eigenvalue weighted by atomic mass is 9.61. The van der Waals surface area contributed by atoms with Crippen LogP contribution in [-0.4, -0.2) is 17.0 Å². The molecule has 0 aliphatic heterocycles. The molecule has 2 aliphatic carbocycles. The average Bonchev–Trinajstić information content (AvgIpc) is 2.35. The van der Waals surface area contributed by atoms with Gasteiger partial charge in [0.15, 0.2) is 5.78 Å². The molecule has 19 heavy (non-hydrogen) atoms. The summed E-state index contributed by atoms with van der Waals surface area (Å²) in [5.41, 5.74) is 2.78. The van der Waals surface area contributed by atoms with E-state index in [1.54, 1.807) is 0 Å². The summed E-state index contributed by atoms with van der Waals surface area (Å²) in [5, 5.41) is 10.2. The predicted octanol–water partition coefficient (Wildman–Crippen LogP) is 3.80. The van der Waals surface area contributed by atoms with E-state index < -0.39 is 6.10 Å². The van der Waals surface area contributed by atoms with Gasteiger partial charge in [-0.25, -0.2) is 0 Å². The molecule has 2 nitrogen and oxygen atoms in total. The van der Waals surface area contributed by atoms with Gasteiger partial charge in [-0.3, -0.25) is 4.79 Å². The minimum atomic E-state index is -0.409. The normalized spacial score (nSPS) is 35.5. The molecule has 2 rings (SSSR count). The maximum atomic E-state index is 12.5. The molecule has 0 aromatic rings. The van der Waals surface area contributed by atoms with Gasteiger partial charge in [-0.15, -0.1) is 0 Å². The fraction of sp³-hybridized carbons (Fsp3) is 0.706. The summed E-state index contributed by atoms with van der Waals surface area (Å²) in [5.74, 6) is 0.610. The van der Waals surface area contributed by atoms with Gasteiger partial charge in [0.2, 0.25) is 0 Å². The van der Waals surface area contributed by atoms with Crippen molar-refractivity contribution in [3.8, 4) is 0 Å². The average molecular weight is 262 g/mol. The van der Waals surface area contributed by atoms with Crippen LogP contribution in [0.5, 0.6) is 0 Å². The van der Waals surface area contributed by atoms with Crippen LogP contribution in [0, 0.1) is 11.3 Å². The number of fused-ring (bicyclic) bond motifs is 1. The fourth-order valence-corrected chi connectivity index (χ4v) is 3.71. The van der Waals surface area contributed by atoms with Crippen molar-refractivity contribution in [2.45, 2.75) is 65.9 Å². The van der Waals surface area contributed by atoms with E-state index in [0.717, 1.165) is 48.8 Å². The zero-order chi connectivity index (χ0) is 14.2. The Morgan fingerprint density at radius 3 is 2.84 bits per heavy atom. The number of Topliss-reactive ketones (excluding diaryl/α,β-unsaturated/α-hetero) is 1. The monoisotopic (exact) mass is 262 g/mol. The van der Waals surface area contributed by atoms with E-state index in [2.05, 4.69) is 26.8 Å². The molecule has 1 N–H and O–H groups in total. The van der Waals surface area contributed by atoms with Gasteiger partial charge in [0.05, 0.1) is 6.10 Å². The van der Waals surface area contributed by atoms with Crippen LogP contribution in [0.3, 0.4) is 0 Å². The predicted molar refractivity (Wildman–Crippen MR) is 77.8 cm³/mol. The van der Waals surface area contributed by atoms with Crippen molar-refractivity contribution in [1.29, 1.82) is 0 Å². The third-order valence-electron chi connectivity index (χ3n) is 4.94. The Bertz CT molecular complexity index is 444. The van der Waals surface area contributed by atoms with Crippen molar-refractivity contribution < 1.29 is 9.90 Å². The molecule has 3 atom stereocenters. The largest absolute Gasteiger partial charge is 0.389 e. The highest BCUT2D eigenvalue weighted by atomic mass is 16.3. The van der Waals surface area contributed by atoms with E-state index in [4.69, 9.17) is 0 Å². The van der Waals surface area contributed by atoms with Crippen molar-refractivity contribution in [2.75, 3.05) is 0 Å². The Morgan fingerprint density at radius 1 is 1.53 bits per heavy atom. The summed E-state index contributed by atoms with van der Waals surface area (Å²) in [6, 6.07) is 0. The van der Waals surface area contributed by atoms with Gasteiger partial charge in [0, 0.05) is 0 Å². The highest BCUT2D eigenvalue weighted by Gasteiger charge is 2.43. The van der Waals surface area contributed by atoms with Crippen LogP contribution in [0.1, 0.15) is 59.8 Å². The molecule has 1 saturated carbocycles. The maximum absolute atomic E-state index is 12.5. The number of hydrogen-bond acceptors (Lipinski definition) is 2.